The van der Waals surface area contributed by atoms with Crippen molar-refractivity contribution in [3.05, 3.63) is 65.5 Å². The Bertz CT molecular complexity index is 1110. The van der Waals surface area contributed by atoms with Gasteiger partial charge < -0.3 is 15.0 Å². The Hall–Kier alpha value is -2.73. The van der Waals surface area contributed by atoms with Crippen LogP contribution >= 0.6 is 0 Å². The number of carbonyl (C=O) groups excluding carboxylic acids is 2. The van der Waals surface area contributed by atoms with Gasteiger partial charge in [0, 0.05) is 37.5 Å². The average molecular weight is 476 g/mol. The van der Waals surface area contributed by atoms with E-state index in [9.17, 15) is 9.59 Å². The van der Waals surface area contributed by atoms with E-state index in [-0.39, 0.29) is 46.1 Å². The van der Waals surface area contributed by atoms with Crippen molar-refractivity contribution in [2.24, 2.45) is 16.7 Å². The quantitative estimate of drug-likeness (QED) is 0.696. The largest absolute Gasteiger partial charge is 0.368 e. The predicted molar refractivity (Wildman–Crippen MR) is 134 cm³/mol. The molecule has 2 aromatic rings. The van der Waals surface area contributed by atoms with E-state index in [1.54, 1.807) is 13.1 Å². The number of aromatic nitrogens is 1. The van der Waals surface area contributed by atoms with Crippen LogP contribution in [0.4, 0.5) is 0 Å². The van der Waals surface area contributed by atoms with E-state index < -0.39 is 0 Å². The molecule has 1 saturated heterocycles. The van der Waals surface area contributed by atoms with Crippen LogP contribution < -0.4 is 5.32 Å². The highest BCUT2D eigenvalue weighted by atomic mass is 16.5. The van der Waals surface area contributed by atoms with Gasteiger partial charge in [-0.25, -0.2) is 0 Å². The topological polar surface area (TPSA) is 71.5 Å². The standard InChI is InChI=1S/C29H37N3O3/c1-19(33)31-23-21-11-6-7-12-22(21)29(25(23)35-18-20-10-8-9-15-30-20)13-16-32(17-14-29)26(34)24-27(2,3)28(24,4)5/h6-12,15,23-25H,13-14,16-18H2,1-5H3,(H,31,33)/t23-,25+/m0/s1. The number of likely N-dealkylation sites (tertiary alicyclic amines) is 1. The summed E-state index contributed by atoms with van der Waals surface area (Å²) in [5.41, 5.74) is 3.03. The van der Waals surface area contributed by atoms with E-state index in [1.165, 1.54) is 5.56 Å². The number of rotatable bonds is 5. The summed E-state index contributed by atoms with van der Waals surface area (Å²) in [6.45, 7) is 12.1. The van der Waals surface area contributed by atoms with Crippen LogP contribution in [0.2, 0.25) is 0 Å². The van der Waals surface area contributed by atoms with Gasteiger partial charge in [-0.1, -0.05) is 58.0 Å². The van der Waals surface area contributed by atoms with Gasteiger partial charge in [-0.05, 0) is 46.9 Å². The van der Waals surface area contributed by atoms with E-state index in [0.717, 1.165) is 24.1 Å². The summed E-state index contributed by atoms with van der Waals surface area (Å²) in [6, 6.07) is 14.0. The van der Waals surface area contributed by atoms with Gasteiger partial charge in [0.2, 0.25) is 11.8 Å². The molecule has 2 atom stereocenters. The smallest absolute Gasteiger partial charge is 0.226 e. The van der Waals surface area contributed by atoms with E-state index in [1.807, 2.05) is 24.3 Å². The summed E-state index contributed by atoms with van der Waals surface area (Å²) in [5, 5.41) is 3.17. The number of nitrogens with zero attached hydrogens (tertiary/aromatic N) is 2. The Morgan fingerprint density at radius 2 is 1.69 bits per heavy atom. The van der Waals surface area contributed by atoms with Crippen LogP contribution in [-0.4, -0.2) is 40.9 Å². The molecule has 1 aliphatic heterocycles. The Labute approximate surface area is 208 Å². The minimum Gasteiger partial charge on any atom is -0.368 e. The predicted octanol–water partition coefficient (Wildman–Crippen LogP) is 4.40. The van der Waals surface area contributed by atoms with Gasteiger partial charge in [-0.3, -0.25) is 14.6 Å². The molecule has 0 radical (unpaired) electrons. The van der Waals surface area contributed by atoms with Crippen LogP contribution in [0.25, 0.3) is 0 Å². The SMILES string of the molecule is CC(=O)N[C@H]1c2ccccc2C2(CCN(C(=O)C3C(C)(C)C3(C)C)CC2)[C@@H]1OCc1ccccn1. The van der Waals surface area contributed by atoms with E-state index in [4.69, 9.17) is 4.74 Å². The highest BCUT2D eigenvalue weighted by molar-refractivity contribution is 5.84. The maximum atomic E-state index is 13.5. The summed E-state index contributed by atoms with van der Waals surface area (Å²) < 4.78 is 6.62. The number of ether oxygens (including phenoxy) is 1. The second-order valence-corrected chi connectivity index (χ2v) is 11.7. The zero-order chi connectivity index (χ0) is 25.0. The molecule has 3 aliphatic rings. The zero-order valence-corrected chi connectivity index (χ0v) is 21.5. The second-order valence-electron chi connectivity index (χ2n) is 11.7. The maximum Gasteiger partial charge on any atom is 0.226 e. The van der Waals surface area contributed by atoms with E-state index in [2.05, 4.69) is 61.1 Å². The lowest BCUT2D eigenvalue weighted by Crippen LogP contribution is -2.52. The molecule has 6 nitrogen and oxygen atoms in total. The number of hydrogen-bond donors (Lipinski definition) is 1. The number of carbonyl (C=O) groups is 2. The minimum atomic E-state index is -0.260. The molecule has 1 spiro atoms. The highest BCUT2D eigenvalue weighted by Crippen LogP contribution is 2.69. The second kappa shape index (κ2) is 8.44. The molecular weight excluding hydrogens is 438 g/mol. The first-order valence-electron chi connectivity index (χ1n) is 12.8. The summed E-state index contributed by atoms with van der Waals surface area (Å²) in [7, 11) is 0. The number of fused-ring (bicyclic) bond motifs is 2. The third-order valence-corrected chi connectivity index (χ3v) is 9.41. The van der Waals surface area contributed by atoms with Crippen molar-refractivity contribution in [2.45, 2.75) is 71.6 Å². The van der Waals surface area contributed by atoms with Crippen molar-refractivity contribution in [3.63, 3.8) is 0 Å². The van der Waals surface area contributed by atoms with Crippen LogP contribution in [0.3, 0.4) is 0 Å². The Morgan fingerprint density at radius 1 is 1.03 bits per heavy atom. The lowest BCUT2D eigenvalue weighted by molar-refractivity contribution is -0.137. The van der Waals surface area contributed by atoms with Crippen LogP contribution in [0.1, 0.15) is 70.3 Å². The van der Waals surface area contributed by atoms with Gasteiger partial charge in [0.1, 0.15) is 0 Å². The Kier molecular flexibility index (Phi) is 5.78. The molecule has 1 N–H and O–H groups in total. The zero-order valence-electron chi connectivity index (χ0n) is 21.5. The highest BCUT2D eigenvalue weighted by Gasteiger charge is 2.69. The minimum absolute atomic E-state index is 0.0318. The first-order valence-corrected chi connectivity index (χ1v) is 12.8. The van der Waals surface area contributed by atoms with Gasteiger partial charge in [0.25, 0.3) is 0 Å². The monoisotopic (exact) mass is 475 g/mol. The van der Waals surface area contributed by atoms with Crippen molar-refractivity contribution in [1.82, 2.24) is 15.2 Å². The van der Waals surface area contributed by atoms with Gasteiger partial charge in [0.15, 0.2) is 0 Å². The summed E-state index contributed by atoms with van der Waals surface area (Å²) in [4.78, 5) is 32.2. The van der Waals surface area contributed by atoms with Gasteiger partial charge in [-0.15, -0.1) is 0 Å². The molecule has 0 unspecified atom stereocenters. The van der Waals surface area contributed by atoms with Gasteiger partial charge in [-0.2, -0.15) is 0 Å². The molecule has 6 heteroatoms. The number of amides is 2. The van der Waals surface area contributed by atoms with Crippen LogP contribution in [-0.2, 0) is 26.3 Å². The molecular formula is C29H37N3O3. The van der Waals surface area contributed by atoms with Gasteiger partial charge in [0.05, 0.1) is 24.4 Å². The van der Waals surface area contributed by atoms with Crippen LogP contribution in [0, 0.1) is 16.7 Å². The van der Waals surface area contributed by atoms with E-state index in [0.29, 0.717) is 19.7 Å². The molecule has 1 aromatic carbocycles. The molecule has 2 fully saturated rings. The number of piperidine rings is 1. The lowest BCUT2D eigenvalue weighted by atomic mass is 9.71. The van der Waals surface area contributed by atoms with Crippen LogP contribution in [0.15, 0.2) is 48.7 Å². The van der Waals surface area contributed by atoms with Crippen molar-refractivity contribution in [3.8, 4) is 0 Å². The molecule has 0 bridgehead atoms. The van der Waals surface area contributed by atoms with Crippen LogP contribution in [0.5, 0.6) is 0 Å². The van der Waals surface area contributed by atoms with Crippen molar-refractivity contribution in [2.75, 3.05) is 13.1 Å². The van der Waals surface area contributed by atoms with Crippen molar-refractivity contribution >= 4 is 11.8 Å². The normalized spacial score (nSPS) is 25.8. The molecule has 1 aromatic heterocycles. The summed E-state index contributed by atoms with van der Waals surface area (Å²) >= 11 is 0. The van der Waals surface area contributed by atoms with Gasteiger partial charge >= 0.3 is 0 Å². The molecule has 1 saturated carbocycles. The third kappa shape index (κ3) is 3.77. The maximum absolute atomic E-state index is 13.5. The fourth-order valence-electron chi connectivity index (χ4n) is 6.82. The molecule has 35 heavy (non-hydrogen) atoms. The molecule has 2 heterocycles. The molecule has 186 valence electrons. The molecule has 5 rings (SSSR count). The fraction of sp³-hybridized carbons (Fsp3) is 0.552. The summed E-state index contributed by atoms with van der Waals surface area (Å²) in [6.07, 6.45) is 3.17. The number of benzene rings is 1. The number of nitrogens with one attached hydrogen (secondary N) is 1. The number of pyridine rings is 1. The third-order valence-electron chi connectivity index (χ3n) is 9.41. The molecule has 2 aliphatic carbocycles. The van der Waals surface area contributed by atoms with E-state index >= 15 is 0 Å². The van der Waals surface area contributed by atoms with Crippen molar-refractivity contribution < 1.29 is 14.3 Å². The fourth-order valence-corrected chi connectivity index (χ4v) is 6.82. The Balaban J connectivity index is 1.42. The number of hydrogen-bond acceptors (Lipinski definition) is 4. The first-order chi connectivity index (χ1) is 16.6. The first kappa shape index (κ1) is 24.0. The average Bonchev–Trinajstić information content (AvgIpc) is 3.12. The molecule has 2 amide bonds. The summed E-state index contributed by atoms with van der Waals surface area (Å²) in [5.74, 6) is 0.285. The van der Waals surface area contributed by atoms with Crippen molar-refractivity contribution in [1.29, 1.82) is 0 Å². The Morgan fingerprint density at radius 3 is 2.29 bits per heavy atom. The lowest BCUT2D eigenvalue weighted by Gasteiger charge is -2.44.